The molecule has 7 heteroatoms. The number of ether oxygens (including phenoxy) is 1. The van der Waals surface area contributed by atoms with Crippen LogP contribution in [-0.2, 0) is 16.1 Å². The summed E-state index contributed by atoms with van der Waals surface area (Å²) in [6, 6.07) is 12.1. The molecule has 5 nitrogen and oxygen atoms in total. The Bertz CT molecular complexity index is 873. The molecule has 29 heavy (non-hydrogen) atoms. The summed E-state index contributed by atoms with van der Waals surface area (Å²) in [7, 11) is 0. The molecule has 1 N–H and O–H groups in total. The molecule has 0 aliphatic heterocycles. The maximum atomic E-state index is 13.0. The average Bonchev–Trinajstić information content (AvgIpc) is 2.65. The fourth-order valence-electron chi connectivity index (χ4n) is 2.75. The van der Waals surface area contributed by atoms with Gasteiger partial charge in [0.15, 0.2) is 6.61 Å². The lowest BCUT2D eigenvalue weighted by molar-refractivity contribution is -0.142. The van der Waals surface area contributed by atoms with Crippen molar-refractivity contribution in [2.24, 2.45) is 0 Å². The Balaban J connectivity index is 2.16. The number of rotatable bonds is 8. The minimum atomic E-state index is -0.654. The van der Waals surface area contributed by atoms with Crippen LogP contribution >= 0.6 is 27.5 Å². The van der Waals surface area contributed by atoms with E-state index in [9.17, 15) is 9.59 Å². The van der Waals surface area contributed by atoms with Gasteiger partial charge in [-0.05, 0) is 69.2 Å². The summed E-state index contributed by atoms with van der Waals surface area (Å²) in [5.74, 6) is 0.104. The number of nitrogens with zero attached hydrogens (tertiary/aromatic N) is 1. The zero-order valence-electron chi connectivity index (χ0n) is 17.0. The number of nitrogens with one attached hydrogen (secondary N) is 1. The van der Waals surface area contributed by atoms with E-state index in [2.05, 4.69) is 21.2 Å². The Morgan fingerprint density at radius 3 is 2.52 bits per heavy atom. The second-order valence-corrected chi connectivity index (χ2v) is 8.48. The van der Waals surface area contributed by atoms with E-state index < -0.39 is 6.04 Å². The summed E-state index contributed by atoms with van der Waals surface area (Å²) in [4.78, 5) is 27.0. The van der Waals surface area contributed by atoms with Gasteiger partial charge in [0.05, 0.1) is 0 Å². The van der Waals surface area contributed by atoms with Crippen LogP contribution in [0.15, 0.2) is 46.9 Å². The Morgan fingerprint density at radius 2 is 1.90 bits per heavy atom. The molecule has 0 fully saturated rings. The zero-order chi connectivity index (χ0) is 21.6. The number of carbonyl (C=O) groups is 2. The molecule has 2 amide bonds. The van der Waals surface area contributed by atoms with Crippen molar-refractivity contribution < 1.29 is 14.3 Å². The van der Waals surface area contributed by atoms with Crippen LogP contribution < -0.4 is 10.1 Å². The summed E-state index contributed by atoms with van der Waals surface area (Å²) < 4.78 is 6.66. The van der Waals surface area contributed by atoms with Crippen LogP contribution in [0.25, 0.3) is 0 Å². The van der Waals surface area contributed by atoms with Gasteiger partial charge in [-0.3, -0.25) is 9.59 Å². The lowest BCUT2D eigenvalue weighted by atomic mass is 10.1. The van der Waals surface area contributed by atoms with E-state index in [4.69, 9.17) is 16.3 Å². The molecule has 0 spiro atoms. The molecule has 1 atom stereocenters. The van der Waals surface area contributed by atoms with Crippen molar-refractivity contribution in [3.8, 4) is 5.75 Å². The number of hydrogen-bond donors (Lipinski definition) is 1. The summed E-state index contributed by atoms with van der Waals surface area (Å²) in [6.07, 6.45) is 0. The number of amides is 2. The quantitative estimate of drug-likeness (QED) is 0.593. The Morgan fingerprint density at radius 1 is 1.17 bits per heavy atom. The molecule has 0 aliphatic rings. The van der Waals surface area contributed by atoms with Crippen LogP contribution in [0.3, 0.4) is 0 Å². The second-order valence-electron chi connectivity index (χ2n) is 7.19. The van der Waals surface area contributed by atoms with Crippen LogP contribution in [0.5, 0.6) is 5.75 Å². The topological polar surface area (TPSA) is 58.6 Å². The predicted molar refractivity (Wildman–Crippen MR) is 119 cm³/mol. The van der Waals surface area contributed by atoms with Crippen LogP contribution in [-0.4, -0.2) is 35.4 Å². The third kappa shape index (κ3) is 7.05. The van der Waals surface area contributed by atoms with Crippen molar-refractivity contribution in [1.29, 1.82) is 0 Å². The third-order valence-electron chi connectivity index (χ3n) is 4.33. The highest BCUT2D eigenvalue weighted by Crippen LogP contribution is 2.22. The van der Waals surface area contributed by atoms with Crippen molar-refractivity contribution in [1.82, 2.24) is 10.2 Å². The Labute approximate surface area is 185 Å². The van der Waals surface area contributed by atoms with Crippen molar-refractivity contribution >= 4 is 39.3 Å². The van der Waals surface area contributed by atoms with Gasteiger partial charge in [0.1, 0.15) is 11.8 Å². The molecule has 0 saturated heterocycles. The van der Waals surface area contributed by atoms with Crippen LogP contribution in [0, 0.1) is 6.92 Å². The lowest BCUT2D eigenvalue weighted by Gasteiger charge is -2.29. The normalized spacial score (nSPS) is 11.8. The van der Waals surface area contributed by atoms with Crippen LogP contribution in [0.2, 0.25) is 5.02 Å². The third-order valence-corrected chi connectivity index (χ3v) is 5.46. The predicted octanol–water partition coefficient (Wildman–Crippen LogP) is 4.73. The van der Waals surface area contributed by atoms with Gasteiger partial charge in [-0.15, -0.1) is 0 Å². The van der Waals surface area contributed by atoms with Crippen LogP contribution in [0.4, 0.5) is 0 Å². The molecule has 0 aromatic heterocycles. The number of aryl methyl sites for hydroxylation is 1. The van der Waals surface area contributed by atoms with E-state index in [0.29, 0.717) is 10.8 Å². The molecule has 0 aliphatic carbocycles. The second kappa shape index (κ2) is 10.6. The standard InChI is InChI=1S/C22H26BrClN2O3/c1-14(2)25-22(28)16(4)26(12-17-6-5-7-18(24)11-17)21(27)13-29-19-8-9-20(23)15(3)10-19/h5-11,14,16H,12-13H2,1-4H3,(H,25,28)/t16-/m1/s1. The number of halogens is 2. The fraction of sp³-hybridized carbons (Fsp3) is 0.364. The number of hydrogen-bond acceptors (Lipinski definition) is 3. The molecule has 156 valence electrons. The van der Waals surface area contributed by atoms with Gasteiger partial charge in [-0.25, -0.2) is 0 Å². The number of benzene rings is 2. The van der Waals surface area contributed by atoms with Gasteiger partial charge in [0, 0.05) is 22.1 Å². The first-order valence-electron chi connectivity index (χ1n) is 9.40. The number of carbonyl (C=O) groups excluding carboxylic acids is 2. The average molecular weight is 482 g/mol. The molecule has 2 aromatic rings. The smallest absolute Gasteiger partial charge is 0.261 e. The SMILES string of the molecule is Cc1cc(OCC(=O)N(Cc2cccc(Cl)c2)[C@H](C)C(=O)NC(C)C)ccc1Br. The molecule has 0 unspecified atom stereocenters. The molecule has 2 aromatic carbocycles. The van der Waals surface area contributed by atoms with Gasteiger partial charge in [-0.2, -0.15) is 0 Å². The first-order valence-corrected chi connectivity index (χ1v) is 10.6. The summed E-state index contributed by atoms with van der Waals surface area (Å²) in [5.41, 5.74) is 1.85. The first-order chi connectivity index (χ1) is 13.7. The van der Waals surface area contributed by atoms with Gasteiger partial charge in [0.2, 0.25) is 5.91 Å². The minimum Gasteiger partial charge on any atom is -0.484 e. The molecule has 0 radical (unpaired) electrons. The van der Waals surface area contributed by atoms with Crippen molar-refractivity contribution in [3.63, 3.8) is 0 Å². The van der Waals surface area contributed by atoms with E-state index >= 15 is 0 Å². The Kier molecular flexibility index (Phi) is 8.53. The molecule has 2 rings (SSSR count). The first kappa shape index (κ1) is 23.2. The van der Waals surface area contributed by atoms with Gasteiger partial charge in [0.25, 0.3) is 5.91 Å². The van der Waals surface area contributed by atoms with Crippen LogP contribution in [0.1, 0.15) is 31.9 Å². The summed E-state index contributed by atoms with van der Waals surface area (Å²) in [5, 5.41) is 3.44. The Hall–Kier alpha value is -2.05. The summed E-state index contributed by atoms with van der Waals surface area (Å²) >= 11 is 9.52. The molecule has 0 bridgehead atoms. The molecular weight excluding hydrogens is 456 g/mol. The summed E-state index contributed by atoms with van der Waals surface area (Å²) in [6.45, 7) is 7.52. The highest BCUT2D eigenvalue weighted by Gasteiger charge is 2.27. The van der Waals surface area contributed by atoms with Gasteiger partial charge >= 0.3 is 0 Å². The monoisotopic (exact) mass is 480 g/mol. The van der Waals surface area contributed by atoms with E-state index in [1.165, 1.54) is 4.90 Å². The maximum absolute atomic E-state index is 13.0. The maximum Gasteiger partial charge on any atom is 0.261 e. The van der Waals surface area contributed by atoms with E-state index in [-0.39, 0.29) is 31.0 Å². The van der Waals surface area contributed by atoms with E-state index in [1.807, 2.05) is 45.0 Å². The fourth-order valence-corrected chi connectivity index (χ4v) is 3.21. The van der Waals surface area contributed by atoms with E-state index in [1.54, 1.807) is 25.1 Å². The zero-order valence-corrected chi connectivity index (χ0v) is 19.4. The minimum absolute atomic E-state index is 0.0185. The van der Waals surface area contributed by atoms with Crippen molar-refractivity contribution in [2.75, 3.05) is 6.61 Å². The molecule has 0 saturated carbocycles. The van der Waals surface area contributed by atoms with E-state index in [0.717, 1.165) is 15.6 Å². The lowest BCUT2D eigenvalue weighted by Crippen LogP contribution is -2.50. The van der Waals surface area contributed by atoms with Crippen molar-refractivity contribution in [3.05, 3.63) is 63.1 Å². The van der Waals surface area contributed by atoms with Gasteiger partial charge in [-0.1, -0.05) is 39.7 Å². The van der Waals surface area contributed by atoms with Crippen molar-refractivity contribution in [2.45, 2.75) is 46.3 Å². The highest BCUT2D eigenvalue weighted by atomic mass is 79.9. The molecular formula is C22H26BrClN2O3. The largest absolute Gasteiger partial charge is 0.484 e. The van der Waals surface area contributed by atoms with Gasteiger partial charge < -0.3 is 15.0 Å². The molecule has 0 heterocycles. The highest BCUT2D eigenvalue weighted by molar-refractivity contribution is 9.10.